The maximum Gasteiger partial charge on any atom is 0.338 e. The molecular formula is C31H41ClN2O5. The molecule has 2 saturated carbocycles. The lowest BCUT2D eigenvalue weighted by Crippen LogP contribution is -2.63. The lowest BCUT2D eigenvalue weighted by atomic mass is 9.53. The van der Waals surface area contributed by atoms with Crippen LogP contribution < -0.4 is 5.32 Å². The molecule has 5 rings (SSSR count). The number of amides is 1. The van der Waals surface area contributed by atoms with Crippen molar-refractivity contribution in [3.63, 3.8) is 0 Å². The predicted octanol–water partition coefficient (Wildman–Crippen LogP) is 4.72. The van der Waals surface area contributed by atoms with Crippen molar-refractivity contribution in [1.82, 2.24) is 10.3 Å². The Hall–Kier alpha value is -2.22. The van der Waals surface area contributed by atoms with Crippen molar-refractivity contribution in [2.24, 2.45) is 40.9 Å². The summed E-state index contributed by atoms with van der Waals surface area (Å²) < 4.78 is 5.41. The highest BCUT2D eigenvalue weighted by atomic mass is 35.5. The summed E-state index contributed by atoms with van der Waals surface area (Å²) in [5, 5.41) is 26.5. The maximum atomic E-state index is 13.3. The van der Waals surface area contributed by atoms with Crippen LogP contribution in [0.15, 0.2) is 42.1 Å². The second-order valence-corrected chi connectivity index (χ2v) is 13.4. The van der Waals surface area contributed by atoms with Gasteiger partial charge in [-0.2, -0.15) is 0 Å². The van der Waals surface area contributed by atoms with Crippen LogP contribution in [-0.2, 0) is 9.53 Å². The van der Waals surface area contributed by atoms with Crippen molar-refractivity contribution < 1.29 is 24.5 Å². The highest BCUT2D eigenvalue weighted by Gasteiger charge is 2.62. The SMILES string of the molecule is C=C1C2CC3C(C(C)C)C(NC(=O)c4cccnc4Cl)CC3(C)CC2/C(C)=C\CC2C(C)OC(=O)C(O)C12O. The van der Waals surface area contributed by atoms with Crippen molar-refractivity contribution >= 4 is 23.5 Å². The smallest absolute Gasteiger partial charge is 0.338 e. The second kappa shape index (κ2) is 10.0. The quantitative estimate of drug-likeness (QED) is 0.282. The molecule has 7 nitrogen and oxygen atoms in total. The highest BCUT2D eigenvalue weighted by molar-refractivity contribution is 6.32. The molecule has 2 heterocycles. The molecule has 1 saturated heterocycles. The molecule has 0 spiro atoms. The van der Waals surface area contributed by atoms with Gasteiger partial charge in [0.25, 0.3) is 5.91 Å². The second-order valence-electron chi connectivity index (χ2n) is 13.0. The Morgan fingerprint density at radius 1 is 1.28 bits per heavy atom. The highest BCUT2D eigenvalue weighted by Crippen LogP contribution is 2.63. The third-order valence-corrected chi connectivity index (χ3v) is 10.9. The third kappa shape index (κ3) is 4.45. The molecule has 1 aliphatic heterocycles. The molecule has 39 heavy (non-hydrogen) atoms. The Kier molecular flexibility index (Phi) is 7.26. The number of carbonyl (C=O) groups excluding carboxylic acids is 2. The Labute approximate surface area is 236 Å². The van der Waals surface area contributed by atoms with Gasteiger partial charge in [-0.3, -0.25) is 4.79 Å². The molecule has 3 aliphatic carbocycles. The first-order chi connectivity index (χ1) is 18.3. The fourth-order valence-corrected chi connectivity index (χ4v) is 8.86. The number of cyclic esters (lactones) is 1. The molecular weight excluding hydrogens is 516 g/mol. The minimum atomic E-state index is -1.75. The lowest BCUT2D eigenvalue weighted by Gasteiger charge is -2.54. The van der Waals surface area contributed by atoms with E-state index in [2.05, 4.69) is 50.7 Å². The zero-order chi connectivity index (χ0) is 28.4. The molecule has 1 amide bonds. The van der Waals surface area contributed by atoms with Crippen LogP contribution in [-0.4, -0.2) is 50.9 Å². The van der Waals surface area contributed by atoms with Gasteiger partial charge in [-0.15, -0.1) is 0 Å². The molecule has 8 heteroatoms. The van der Waals surface area contributed by atoms with Crippen LogP contribution in [0.25, 0.3) is 0 Å². The number of aliphatic hydroxyl groups is 2. The number of nitrogens with one attached hydrogen (secondary N) is 1. The van der Waals surface area contributed by atoms with Gasteiger partial charge in [-0.1, -0.05) is 50.6 Å². The van der Waals surface area contributed by atoms with Crippen LogP contribution in [0.5, 0.6) is 0 Å². The number of halogens is 1. The molecule has 1 aromatic rings. The van der Waals surface area contributed by atoms with E-state index >= 15 is 0 Å². The van der Waals surface area contributed by atoms with E-state index in [1.807, 2.05) is 0 Å². The molecule has 1 aromatic heterocycles. The van der Waals surface area contributed by atoms with Gasteiger partial charge in [-0.25, -0.2) is 9.78 Å². The van der Waals surface area contributed by atoms with E-state index in [-0.39, 0.29) is 46.2 Å². The van der Waals surface area contributed by atoms with E-state index in [1.165, 1.54) is 5.57 Å². The van der Waals surface area contributed by atoms with Crippen LogP contribution in [0.2, 0.25) is 5.15 Å². The summed E-state index contributed by atoms with van der Waals surface area (Å²) in [6.07, 6.45) is 4.51. The topological polar surface area (TPSA) is 109 Å². The van der Waals surface area contributed by atoms with Crippen molar-refractivity contribution in [2.45, 2.75) is 84.2 Å². The maximum absolute atomic E-state index is 13.3. The van der Waals surface area contributed by atoms with Crippen LogP contribution in [0.4, 0.5) is 0 Å². The van der Waals surface area contributed by atoms with Crippen LogP contribution in [0.3, 0.4) is 0 Å². The zero-order valence-corrected chi connectivity index (χ0v) is 24.2. The Bertz CT molecular complexity index is 1220. The average Bonchev–Trinajstić information content (AvgIpc) is 3.16. The lowest BCUT2D eigenvalue weighted by molar-refractivity contribution is -0.209. The normalized spacial score (nSPS) is 43.3. The Morgan fingerprint density at radius 2 is 2.00 bits per heavy atom. The summed E-state index contributed by atoms with van der Waals surface area (Å²) in [6.45, 7) is 15.0. The fraction of sp³-hybridized carbons (Fsp3) is 0.645. The van der Waals surface area contributed by atoms with E-state index in [1.54, 1.807) is 25.3 Å². The largest absolute Gasteiger partial charge is 0.460 e. The molecule has 3 N–H and O–H groups in total. The van der Waals surface area contributed by atoms with E-state index in [4.69, 9.17) is 16.3 Å². The van der Waals surface area contributed by atoms with Crippen molar-refractivity contribution in [2.75, 3.05) is 0 Å². The summed E-state index contributed by atoms with van der Waals surface area (Å²) in [6, 6.07) is 3.36. The van der Waals surface area contributed by atoms with Gasteiger partial charge in [0.05, 0.1) is 5.56 Å². The Morgan fingerprint density at radius 3 is 2.67 bits per heavy atom. The van der Waals surface area contributed by atoms with Gasteiger partial charge >= 0.3 is 5.97 Å². The number of carbonyl (C=O) groups is 2. The standard InChI is InChI=1S/C31H41ClN2O5/c1-15(2)25-23-12-20-17(4)31(38)22(18(5)39-29(37)26(31)35)10-9-16(3)21(20)13-30(23,6)14-24(25)34-28(36)19-8-7-11-33-27(19)32/h7-9,11,15,18,20-26,35,38H,4,10,12-14H2,1-3,5-6H3,(H,34,36)/b16-9-. The molecule has 0 radical (unpaired) electrons. The first-order valence-corrected chi connectivity index (χ1v) is 14.6. The average molecular weight is 557 g/mol. The number of hydrogen-bond donors (Lipinski definition) is 3. The van der Waals surface area contributed by atoms with Crippen molar-refractivity contribution in [3.8, 4) is 0 Å². The molecule has 0 bridgehead atoms. The van der Waals surface area contributed by atoms with Gasteiger partial charge < -0.3 is 20.3 Å². The number of pyridine rings is 1. The summed E-state index contributed by atoms with van der Waals surface area (Å²) >= 11 is 6.23. The van der Waals surface area contributed by atoms with E-state index < -0.39 is 29.7 Å². The van der Waals surface area contributed by atoms with Gasteiger partial charge in [0.1, 0.15) is 16.9 Å². The predicted molar refractivity (Wildman–Crippen MR) is 149 cm³/mol. The monoisotopic (exact) mass is 556 g/mol. The summed E-state index contributed by atoms with van der Waals surface area (Å²) in [5.41, 5.74) is 0.369. The van der Waals surface area contributed by atoms with Gasteiger partial charge in [0, 0.05) is 18.2 Å². The van der Waals surface area contributed by atoms with E-state index in [0.29, 0.717) is 23.5 Å². The molecule has 4 aliphatic rings. The summed E-state index contributed by atoms with van der Waals surface area (Å²) in [7, 11) is 0. The van der Waals surface area contributed by atoms with Gasteiger partial charge in [-0.05, 0) is 92.2 Å². The minimum absolute atomic E-state index is 0.0409. The number of rotatable bonds is 3. The molecule has 212 valence electrons. The number of aromatic nitrogens is 1. The third-order valence-electron chi connectivity index (χ3n) is 10.6. The minimum Gasteiger partial charge on any atom is -0.460 e. The number of hydrogen-bond acceptors (Lipinski definition) is 6. The van der Waals surface area contributed by atoms with Crippen LogP contribution in [0.1, 0.15) is 70.7 Å². The van der Waals surface area contributed by atoms with Gasteiger partial charge in [0.2, 0.25) is 0 Å². The van der Waals surface area contributed by atoms with E-state index in [0.717, 1.165) is 19.3 Å². The number of esters is 1. The first kappa shape index (κ1) is 28.3. The number of allylic oxidation sites excluding steroid dienone is 2. The molecule has 10 unspecified atom stereocenters. The number of aliphatic hydroxyl groups excluding tert-OH is 1. The Balaban J connectivity index is 1.50. The summed E-state index contributed by atoms with van der Waals surface area (Å²) in [4.78, 5) is 29.9. The van der Waals surface area contributed by atoms with Crippen LogP contribution in [0, 0.1) is 40.9 Å². The number of ether oxygens (including phenoxy) is 1. The van der Waals surface area contributed by atoms with Crippen molar-refractivity contribution in [1.29, 1.82) is 0 Å². The van der Waals surface area contributed by atoms with Crippen molar-refractivity contribution in [3.05, 3.63) is 52.8 Å². The molecule has 0 aromatic carbocycles. The zero-order valence-electron chi connectivity index (χ0n) is 23.5. The number of nitrogens with zero attached hydrogens (tertiary/aromatic N) is 1. The fourth-order valence-electron chi connectivity index (χ4n) is 8.65. The molecule has 3 fully saturated rings. The number of fused-ring (bicyclic) bond motifs is 3. The summed E-state index contributed by atoms with van der Waals surface area (Å²) in [5.74, 6) is -0.711. The first-order valence-electron chi connectivity index (χ1n) is 14.2. The van der Waals surface area contributed by atoms with E-state index in [9.17, 15) is 19.8 Å². The molecule has 10 atom stereocenters. The van der Waals surface area contributed by atoms with Crippen LogP contribution >= 0.6 is 11.6 Å². The van der Waals surface area contributed by atoms with Gasteiger partial charge in [0.15, 0.2) is 6.10 Å².